The molecule has 6 heteroatoms. The number of hydrogen-bond acceptors (Lipinski definition) is 5. The normalized spacial score (nSPS) is 10.6. The van der Waals surface area contributed by atoms with E-state index in [0.29, 0.717) is 23.0 Å². The summed E-state index contributed by atoms with van der Waals surface area (Å²) in [5, 5.41) is 3.88. The van der Waals surface area contributed by atoms with Crippen molar-refractivity contribution in [3.63, 3.8) is 0 Å². The molecule has 3 aromatic carbocycles. The summed E-state index contributed by atoms with van der Waals surface area (Å²) in [5.41, 5.74) is 3.11. The molecule has 1 aromatic heterocycles. The van der Waals surface area contributed by atoms with Gasteiger partial charge < -0.3 is 10.1 Å². The third kappa shape index (κ3) is 4.09. The average Bonchev–Trinajstić information content (AvgIpc) is 3.21. The maximum absolute atomic E-state index is 13.0. The van der Waals surface area contributed by atoms with E-state index in [-0.39, 0.29) is 17.8 Å². The van der Waals surface area contributed by atoms with Gasteiger partial charge in [-0.2, -0.15) is 0 Å². The SMILES string of the molecule is COc1ccc(NCc2ccc3c(c2)c(C(=O)C=O)cn3C(=O)c2ccccc2)cc1. The zero-order valence-corrected chi connectivity index (χ0v) is 16.9. The van der Waals surface area contributed by atoms with E-state index in [1.54, 1.807) is 37.4 Å². The van der Waals surface area contributed by atoms with E-state index in [4.69, 9.17) is 4.74 Å². The van der Waals surface area contributed by atoms with Crippen LogP contribution in [0, 0.1) is 0 Å². The molecule has 0 amide bonds. The van der Waals surface area contributed by atoms with Crippen LogP contribution in [-0.4, -0.2) is 29.7 Å². The van der Waals surface area contributed by atoms with Crippen molar-refractivity contribution < 1.29 is 19.1 Å². The summed E-state index contributed by atoms with van der Waals surface area (Å²) in [6.07, 6.45) is 1.71. The lowest BCUT2D eigenvalue weighted by molar-refractivity contribution is -0.104. The van der Waals surface area contributed by atoms with Crippen molar-refractivity contribution >= 4 is 34.6 Å². The van der Waals surface area contributed by atoms with E-state index in [1.807, 2.05) is 42.5 Å². The fourth-order valence-electron chi connectivity index (χ4n) is 3.45. The molecule has 0 aliphatic rings. The second-order valence-corrected chi connectivity index (χ2v) is 7.00. The van der Waals surface area contributed by atoms with E-state index < -0.39 is 5.78 Å². The summed E-state index contributed by atoms with van der Waals surface area (Å²) < 4.78 is 6.58. The monoisotopic (exact) mass is 412 g/mol. The molecule has 0 radical (unpaired) electrons. The lowest BCUT2D eigenvalue weighted by Gasteiger charge is -2.09. The van der Waals surface area contributed by atoms with Gasteiger partial charge in [0.1, 0.15) is 5.75 Å². The summed E-state index contributed by atoms with van der Waals surface area (Å²) in [4.78, 5) is 36.4. The zero-order chi connectivity index (χ0) is 21.8. The number of fused-ring (bicyclic) bond motifs is 1. The number of ether oxygens (including phenoxy) is 1. The Morgan fingerprint density at radius 3 is 2.42 bits per heavy atom. The van der Waals surface area contributed by atoms with Crippen molar-refractivity contribution in [1.29, 1.82) is 0 Å². The van der Waals surface area contributed by atoms with Crippen molar-refractivity contribution in [1.82, 2.24) is 4.57 Å². The Balaban J connectivity index is 1.68. The smallest absolute Gasteiger partial charge is 0.262 e. The number of rotatable bonds is 7. The van der Waals surface area contributed by atoms with E-state index in [2.05, 4.69) is 5.32 Å². The Bertz CT molecular complexity index is 1260. The van der Waals surface area contributed by atoms with Crippen LogP contribution in [0.15, 0.2) is 79.0 Å². The highest BCUT2D eigenvalue weighted by atomic mass is 16.5. The first kappa shape index (κ1) is 20.1. The number of carbonyl (C=O) groups is 3. The fourth-order valence-corrected chi connectivity index (χ4v) is 3.45. The van der Waals surface area contributed by atoms with Crippen LogP contribution in [0.5, 0.6) is 5.75 Å². The highest BCUT2D eigenvalue weighted by molar-refractivity contribution is 6.36. The van der Waals surface area contributed by atoms with Crippen molar-refractivity contribution in [2.45, 2.75) is 6.54 Å². The number of nitrogens with one attached hydrogen (secondary N) is 1. The number of nitrogens with zero attached hydrogens (tertiary/aromatic N) is 1. The maximum atomic E-state index is 13.0. The van der Waals surface area contributed by atoms with E-state index >= 15 is 0 Å². The van der Waals surface area contributed by atoms with Crippen molar-refractivity contribution in [3.05, 3.63) is 95.7 Å². The van der Waals surface area contributed by atoms with Crippen molar-refractivity contribution in [2.75, 3.05) is 12.4 Å². The molecule has 4 rings (SSSR count). The van der Waals surface area contributed by atoms with Crippen LogP contribution >= 0.6 is 0 Å². The second-order valence-electron chi connectivity index (χ2n) is 7.00. The number of ketones is 1. The van der Waals surface area contributed by atoms with Crippen molar-refractivity contribution in [3.8, 4) is 5.75 Å². The van der Waals surface area contributed by atoms with Crippen LogP contribution in [0.4, 0.5) is 5.69 Å². The van der Waals surface area contributed by atoms with Gasteiger partial charge in [-0.1, -0.05) is 24.3 Å². The summed E-state index contributed by atoms with van der Waals surface area (Å²) >= 11 is 0. The van der Waals surface area contributed by atoms with E-state index in [9.17, 15) is 14.4 Å². The molecule has 31 heavy (non-hydrogen) atoms. The second kappa shape index (κ2) is 8.67. The lowest BCUT2D eigenvalue weighted by Crippen LogP contribution is -2.10. The summed E-state index contributed by atoms with van der Waals surface area (Å²) in [7, 11) is 1.62. The minimum absolute atomic E-state index is 0.209. The number of carbonyl (C=O) groups excluding carboxylic acids is 3. The van der Waals surface area contributed by atoms with Gasteiger partial charge in [0, 0.05) is 29.4 Å². The van der Waals surface area contributed by atoms with Crippen molar-refractivity contribution in [2.24, 2.45) is 0 Å². The van der Waals surface area contributed by atoms with Crippen LogP contribution in [0.2, 0.25) is 0 Å². The molecule has 0 saturated carbocycles. The summed E-state index contributed by atoms with van der Waals surface area (Å²) in [6.45, 7) is 0.509. The molecule has 0 spiro atoms. The molecule has 6 nitrogen and oxygen atoms in total. The zero-order valence-electron chi connectivity index (χ0n) is 16.9. The maximum Gasteiger partial charge on any atom is 0.262 e. The van der Waals surface area contributed by atoms with Crippen LogP contribution in [0.3, 0.4) is 0 Å². The highest BCUT2D eigenvalue weighted by Gasteiger charge is 2.19. The first-order valence-corrected chi connectivity index (χ1v) is 9.72. The summed E-state index contributed by atoms with van der Waals surface area (Å²) in [5.74, 6) is -0.155. The number of hydrogen-bond donors (Lipinski definition) is 1. The molecular weight excluding hydrogens is 392 g/mol. The first-order chi connectivity index (χ1) is 15.1. The molecule has 154 valence electrons. The third-order valence-corrected chi connectivity index (χ3v) is 5.07. The quantitative estimate of drug-likeness (QED) is 0.278. The topological polar surface area (TPSA) is 77.4 Å². The molecule has 4 aromatic rings. The lowest BCUT2D eigenvalue weighted by atomic mass is 10.1. The minimum Gasteiger partial charge on any atom is -0.497 e. The molecule has 1 N–H and O–H groups in total. The molecule has 0 bridgehead atoms. The Labute approximate surface area is 179 Å². The van der Waals surface area contributed by atoms with Crippen LogP contribution in [0.1, 0.15) is 26.3 Å². The van der Waals surface area contributed by atoms with Crippen LogP contribution in [-0.2, 0) is 11.3 Å². The number of Topliss-reactive ketones (excluding diaryl/α,β-unsaturated/α-hetero) is 1. The highest BCUT2D eigenvalue weighted by Crippen LogP contribution is 2.25. The Hall–Kier alpha value is -4.19. The number of anilines is 1. The van der Waals surface area contributed by atoms with Gasteiger partial charge in [-0.25, -0.2) is 0 Å². The van der Waals surface area contributed by atoms with Gasteiger partial charge >= 0.3 is 0 Å². The van der Waals surface area contributed by atoms with Gasteiger partial charge in [0.15, 0.2) is 6.29 Å². The predicted octanol–water partition coefficient (Wildman–Crippen LogP) is 4.33. The predicted molar refractivity (Wildman–Crippen MR) is 119 cm³/mol. The molecule has 1 heterocycles. The Kier molecular flexibility index (Phi) is 5.62. The standard InChI is InChI=1S/C25H20N2O4/c1-31-20-10-8-19(9-11-20)26-14-17-7-12-23-21(13-17)22(24(29)16-28)15-27(23)25(30)18-5-3-2-4-6-18/h2-13,15-16,26H,14H2,1H3. The first-order valence-electron chi connectivity index (χ1n) is 9.72. The van der Waals surface area contributed by atoms with Gasteiger partial charge in [-0.3, -0.25) is 19.0 Å². The van der Waals surface area contributed by atoms with Gasteiger partial charge in [-0.15, -0.1) is 0 Å². The number of benzene rings is 3. The van der Waals surface area contributed by atoms with E-state index in [1.165, 1.54) is 10.8 Å². The molecule has 0 unspecified atom stereocenters. The van der Waals surface area contributed by atoms with Gasteiger partial charge in [0.25, 0.3) is 5.91 Å². The number of methoxy groups -OCH3 is 1. The van der Waals surface area contributed by atoms with Gasteiger partial charge in [-0.05, 0) is 54.1 Å². The average molecular weight is 412 g/mol. The number of aromatic nitrogens is 1. The molecule has 0 aliphatic carbocycles. The minimum atomic E-state index is -0.662. The summed E-state index contributed by atoms with van der Waals surface area (Å²) in [6, 6.07) is 21.9. The van der Waals surface area contributed by atoms with Crippen LogP contribution in [0.25, 0.3) is 10.9 Å². The fraction of sp³-hybridized carbons (Fsp3) is 0.0800. The van der Waals surface area contributed by atoms with E-state index in [0.717, 1.165) is 17.0 Å². The molecule has 0 aliphatic heterocycles. The molecule has 0 atom stereocenters. The third-order valence-electron chi connectivity index (χ3n) is 5.07. The molecular formula is C25H20N2O4. The van der Waals surface area contributed by atoms with Crippen LogP contribution < -0.4 is 10.1 Å². The van der Waals surface area contributed by atoms with Gasteiger partial charge in [0.05, 0.1) is 18.2 Å². The Morgan fingerprint density at radius 2 is 1.74 bits per heavy atom. The Morgan fingerprint density at radius 1 is 1.00 bits per heavy atom. The largest absolute Gasteiger partial charge is 0.497 e. The molecule has 0 fully saturated rings. The molecule has 0 saturated heterocycles. The number of aldehydes is 1. The van der Waals surface area contributed by atoms with Gasteiger partial charge in [0.2, 0.25) is 5.78 Å².